The Hall–Kier alpha value is -2.34. The number of nitrogens with zero attached hydrogens (tertiary/aromatic N) is 3. The molecule has 0 unspecified atom stereocenters. The predicted octanol–water partition coefficient (Wildman–Crippen LogP) is 4.39. The number of thiazole rings is 1. The zero-order valence-electron chi connectivity index (χ0n) is 14.5. The number of hydrogen-bond donors (Lipinski definition) is 1. The predicted molar refractivity (Wildman–Crippen MR) is 97.9 cm³/mol. The molecular formula is C18H20N4OS. The summed E-state index contributed by atoms with van der Waals surface area (Å²) < 4.78 is 1.08. The molecule has 0 saturated carbocycles. The van der Waals surface area contributed by atoms with Gasteiger partial charge in [0.25, 0.3) is 5.91 Å². The second kappa shape index (κ2) is 6.28. The van der Waals surface area contributed by atoms with Crippen LogP contribution < -0.4 is 5.32 Å². The maximum absolute atomic E-state index is 12.7. The number of carbonyl (C=O) groups is 1. The summed E-state index contributed by atoms with van der Waals surface area (Å²) in [4.78, 5) is 25.8. The van der Waals surface area contributed by atoms with Crippen LogP contribution in [-0.4, -0.2) is 20.9 Å². The second-order valence-corrected chi connectivity index (χ2v) is 7.30. The van der Waals surface area contributed by atoms with Crippen LogP contribution in [0.3, 0.4) is 0 Å². The van der Waals surface area contributed by atoms with Gasteiger partial charge in [0.2, 0.25) is 0 Å². The van der Waals surface area contributed by atoms with Crippen molar-refractivity contribution < 1.29 is 4.79 Å². The fourth-order valence-electron chi connectivity index (χ4n) is 2.69. The van der Waals surface area contributed by atoms with Gasteiger partial charge in [0.05, 0.1) is 21.5 Å². The summed E-state index contributed by atoms with van der Waals surface area (Å²) in [5, 5.41) is 3.49. The number of aromatic nitrogens is 3. The molecule has 3 aromatic rings. The van der Waals surface area contributed by atoms with E-state index in [9.17, 15) is 4.79 Å². The van der Waals surface area contributed by atoms with E-state index in [4.69, 9.17) is 0 Å². The SMILES string of the molecule is Cc1cc(C)c2nc(NC(=O)c3cnc(C)nc3C(C)C)sc2c1. The van der Waals surface area contributed by atoms with Crippen LogP contribution in [0.1, 0.15) is 52.8 Å². The van der Waals surface area contributed by atoms with Crippen molar-refractivity contribution in [1.82, 2.24) is 15.0 Å². The third-order valence-corrected chi connectivity index (χ3v) is 4.70. The van der Waals surface area contributed by atoms with Crippen LogP contribution in [0.5, 0.6) is 0 Å². The summed E-state index contributed by atoms with van der Waals surface area (Å²) >= 11 is 1.48. The van der Waals surface area contributed by atoms with E-state index < -0.39 is 0 Å². The minimum absolute atomic E-state index is 0.146. The third kappa shape index (κ3) is 3.14. The molecule has 5 nitrogen and oxygen atoms in total. The molecule has 2 aromatic heterocycles. The molecule has 0 aliphatic heterocycles. The molecule has 0 radical (unpaired) electrons. The second-order valence-electron chi connectivity index (χ2n) is 6.27. The monoisotopic (exact) mass is 340 g/mol. The molecule has 2 heterocycles. The fraction of sp³-hybridized carbons (Fsp3) is 0.333. The largest absolute Gasteiger partial charge is 0.298 e. The number of fused-ring (bicyclic) bond motifs is 1. The maximum Gasteiger partial charge on any atom is 0.260 e. The molecule has 24 heavy (non-hydrogen) atoms. The van der Waals surface area contributed by atoms with Crippen molar-refractivity contribution in [3.8, 4) is 0 Å². The van der Waals surface area contributed by atoms with E-state index in [1.165, 1.54) is 16.9 Å². The Morgan fingerprint density at radius 3 is 2.62 bits per heavy atom. The highest BCUT2D eigenvalue weighted by Gasteiger charge is 2.18. The van der Waals surface area contributed by atoms with E-state index in [1.807, 2.05) is 27.7 Å². The van der Waals surface area contributed by atoms with Gasteiger partial charge in [0.15, 0.2) is 5.13 Å². The van der Waals surface area contributed by atoms with Crippen molar-refractivity contribution in [3.05, 3.63) is 46.5 Å². The number of amides is 1. The standard InChI is InChI=1S/C18H20N4OS/c1-9(2)15-13(8-19-12(5)20-15)17(23)22-18-21-16-11(4)6-10(3)7-14(16)24-18/h6-9H,1-5H3,(H,21,22,23). The van der Waals surface area contributed by atoms with E-state index in [0.29, 0.717) is 16.5 Å². The van der Waals surface area contributed by atoms with Crippen LogP contribution in [-0.2, 0) is 0 Å². The van der Waals surface area contributed by atoms with Gasteiger partial charge in [-0.1, -0.05) is 31.3 Å². The molecule has 6 heteroatoms. The zero-order valence-corrected chi connectivity index (χ0v) is 15.3. The Labute approximate surface area is 145 Å². The fourth-order valence-corrected chi connectivity index (χ4v) is 3.73. The van der Waals surface area contributed by atoms with E-state index >= 15 is 0 Å². The Morgan fingerprint density at radius 1 is 1.17 bits per heavy atom. The van der Waals surface area contributed by atoms with Crippen LogP contribution in [0.25, 0.3) is 10.2 Å². The first-order valence-corrected chi connectivity index (χ1v) is 8.69. The van der Waals surface area contributed by atoms with Gasteiger partial charge in [0.1, 0.15) is 5.82 Å². The molecule has 0 atom stereocenters. The molecule has 0 aliphatic carbocycles. The number of hydrogen-bond acceptors (Lipinski definition) is 5. The van der Waals surface area contributed by atoms with Gasteiger partial charge in [-0.3, -0.25) is 10.1 Å². The van der Waals surface area contributed by atoms with Gasteiger partial charge < -0.3 is 0 Å². The van der Waals surface area contributed by atoms with Gasteiger partial charge >= 0.3 is 0 Å². The average molecular weight is 340 g/mol. The van der Waals surface area contributed by atoms with E-state index in [1.54, 1.807) is 6.20 Å². The van der Waals surface area contributed by atoms with Crippen LogP contribution in [0.4, 0.5) is 5.13 Å². The van der Waals surface area contributed by atoms with Gasteiger partial charge in [-0.2, -0.15) is 0 Å². The Balaban J connectivity index is 1.94. The maximum atomic E-state index is 12.7. The Bertz CT molecular complexity index is 930. The summed E-state index contributed by atoms with van der Waals surface area (Å²) in [7, 11) is 0. The molecule has 0 aliphatic rings. The third-order valence-electron chi connectivity index (χ3n) is 3.78. The Morgan fingerprint density at radius 2 is 1.92 bits per heavy atom. The van der Waals surface area contributed by atoms with Crippen molar-refractivity contribution in [2.24, 2.45) is 0 Å². The van der Waals surface area contributed by atoms with Crippen molar-refractivity contribution >= 4 is 32.6 Å². The molecule has 3 rings (SSSR count). The molecule has 1 amide bonds. The van der Waals surface area contributed by atoms with E-state index in [0.717, 1.165) is 21.5 Å². The number of rotatable bonds is 3. The highest BCUT2D eigenvalue weighted by atomic mass is 32.1. The summed E-state index contributed by atoms with van der Waals surface area (Å²) in [6.45, 7) is 9.95. The average Bonchev–Trinajstić information content (AvgIpc) is 2.89. The quantitative estimate of drug-likeness (QED) is 0.768. The number of nitrogens with one attached hydrogen (secondary N) is 1. The summed E-state index contributed by atoms with van der Waals surface area (Å²) in [6, 6.07) is 4.18. The molecular weight excluding hydrogens is 320 g/mol. The normalized spacial score (nSPS) is 11.2. The molecule has 1 N–H and O–H groups in total. The van der Waals surface area contributed by atoms with Crippen molar-refractivity contribution in [2.45, 2.75) is 40.5 Å². The zero-order chi connectivity index (χ0) is 17.4. The minimum atomic E-state index is -0.216. The Kier molecular flexibility index (Phi) is 4.32. The summed E-state index contributed by atoms with van der Waals surface area (Å²) in [5.41, 5.74) is 4.50. The first kappa shape index (κ1) is 16.5. The number of anilines is 1. The highest BCUT2D eigenvalue weighted by molar-refractivity contribution is 7.22. The topological polar surface area (TPSA) is 67.8 Å². The van der Waals surface area contributed by atoms with Crippen molar-refractivity contribution in [2.75, 3.05) is 5.32 Å². The number of aryl methyl sites for hydroxylation is 3. The van der Waals surface area contributed by atoms with E-state index in [2.05, 4.69) is 39.3 Å². The minimum Gasteiger partial charge on any atom is -0.298 e. The first-order valence-electron chi connectivity index (χ1n) is 7.88. The lowest BCUT2D eigenvalue weighted by Crippen LogP contribution is -2.17. The van der Waals surface area contributed by atoms with Crippen LogP contribution in [0.15, 0.2) is 18.3 Å². The van der Waals surface area contributed by atoms with Gasteiger partial charge in [-0.05, 0) is 43.9 Å². The first-order chi connectivity index (χ1) is 11.3. The molecule has 0 saturated heterocycles. The highest BCUT2D eigenvalue weighted by Crippen LogP contribution is 2.30. The van der Waals surface area contributed by atoms with Crippen LogP contribution in [0.2, 0.25) is 0 Å². The van der Waals surface area contributed by atoms with Gasteiger partial charge in [-0.15, -0.1) is 0 Å². The van der Waals surface area contributed by atoms with E-state index in [-0.39, 0.29) is 11.8 Å². The molecule has 0 spiro atoms. The van der Waals surface area contributed by atoms with Gasteiger partial charge in [0, 0.05) is 6.20 Å². The number of carbonyl (C=O) groups excluding carboxylic acids is 1. The molecule has 0 bridgehead atoms. The van der Waals surface area contributed by atoms with Crippen molar-refractivity contribution in [1.29, 1.82) is 0 Å². The summed E-state index contributed by atoms with van der Waals surface area (Å²) in [5.74, 6) is 0.598. The molecule has 124 valence electrons. The smallest absolute Gasteiger partial charge is 0.260 e. The molecule has 1 aromatic carbocycles. The molecule has 0 fully saturated rings. The van der Waals surface area contributed by atoms with Crippen LogP contribution >= 0.6 is 11.3 Å². The lowest BCUT2D eigenvalue weighted by molar-refractivity contribution is 0.102. The van der Waals surface area contributed by atoms with Crippen molar-refractivity contribution in [3.63, 3.8) is 0 Å². The summed E-state index contributed by atoms with van der Waals surface area (Å²) in [6.07, 6.45) is 1.59. The van der Waals surface area contributed by atoms with Gasteiger partial charge in [-0.25, -0.2) is 15.0 Å². The lowest BCUT2D eigenvalue weighted by Gasteiger charge is -2.11. The lowest BCUT2D eigenvalue weighted by atomic mass is 10.0. The van der Waals surface area contributed by atoms with Crippen LogP contribution in [0, 0.1) is 20.8 Å². The number of benzene rings is 1.